The van der Waals surface area contributed by atoms with E-state index in [1.165, 1.54) is 58.8 Å². The topological polar surface area (TPSA) is 533 Å². The van der Waals surface area contributed by atoms with E-state index in [1.807, 2.05) is 0 Å². The first-order valence-corrected chi connectivity index (χ1v) is 43.1. The Bertz CT molecular complexity index is 2750. The molecule has 0 aromatic rings. The summed E-state index contributed by atoms with van der Waals surface area (Å²) in [4.78, 5) is 69.7. The fourth-order valence-electron chi connectivity index (χ4n) is 13.1. The lowest BCUT2D eigenvalue weighted by atomic mass is 9.99. The number of aliphatic hydroxyl groups is 8. The quantitative estimate of drug-likeness (QED) is 0.0426. The predicted octanol–water partition coefficient (Wildman–Crippen LogP) is 0.771. The van der Waals surface area contributed by atoms with Crippen molar-refractivity contribution in [2.45, 2.75) is 302 Å². The third-order valence-electron chi connectivity index (χ3n) is 18.9. The van der Waals surface area contributed by atoms with Gasteiger partial charge in [0.15, 0.2) is 44.0 Å². The molecular formula is C66H106O36S6. The molecule has 14 bridgehead atoms. The molecule has 18 aliphatic heterocycles. The number of rotatable bonds is 31. The summed E-state index contributed by atoms with van der Waals surface area (Å²) in [6.07, 6.45) is -39.1. The maximum Gasteiger partial charge on any atom is 0.304 e. The zero-order chi connectivity index (χ0) is 78.3. The molecule has 36 nitrogen and oxygen atoms in total. The summed E-state index contributed by atoms with van der Waals surface area (Å²) in [5.74, 6) is -5.27. The van der Waals surface area contributed by atoms with E-state index in [0.29, 0.717) is 0 Å². The Morgan fingerprint density at radius 3 is 0.694 bits per heavy atom. The number of fused-ring (bicyclic) bond motifs is 1. The monoisotopic (exact) mass is 1670 g/mol. The van der Waals surface area contributed by atoms with Gasteiger partial charge in [-0.25, -0.2) is 0 Å². The normalized spacial score (nSPS) is 40.4. The van der Waals surface area contributed by atoms with Crippen LogP contribution < -0.4 is 0 Å². The smallest absolute Gasteiger partial charge is 0.304 e. The van der Waals surface area contributed by atoms with Gasteiger partial charge in [-0.3, -0.25) is 28.8 Å². The van der Waals surface area contributed by atoms with Crippen LogP contribution in [0.15, 0.2) is 0 Å². The maximum absolute atomic E-state index is 12.0. The zero-order valence-corrected chi connectivity index (χ0v) is 64.9. The van der Waals surface area contributed by atoms with Gasteiger partial charge >= 0.3 is 35.8 Å². The summed E-state index contributed by atoms with van der Waals surface area (Å²) in [6.45, 7) is 2.90. The molecule has 0 aromatic carbocycles. The summed E-state index contributed by atoms with van der Waals surface area (Å²) in [6, 6.07) is 0. The SMILES string of the molecule is CC[C@@H]1O[C@H]2O[C@H](CSCCC(=O)O)[C@H](C[C@H]2O)O[C@H]2O[C@H](C)[C@H](C[C@H]2O)O[C@H]2O[C@H](CSCCC(=O)O)[C@H](C[C@H]2O)O[C@H]2O[C@H](CSCCC(=O)O)[C@H](C[C@H]2O)O[C@H]2O[C@H](CSCCC(=O)O)[C@H](C[C@H]2O)O[C@H]2O[C@H](CSCCC(=O)O)[C@H](C[C@H]2O)O[C@H]2O[C@H](C)[C@H](C[C@H]2O)O[C@H](O)O[C@@H]1CSCCC(=O)O. The molecule has 0 aliphatic carbocycles. The Labute approximate surface area is 649 Å². The summed E-state index contributed by atoms with van der Waals surface area (Å²) >= 11 is 7.14. The Hall–Kier alpha value is -2.04. The predicted molar refractivity (Wildman–Crippen MR) is 384 cm³/mol. The van der Waals surface area contributed by atoms with Crippen molar-refractivity contribution in [3.05, 3.63) is 0 Å². The second-order valence-corrected chi connectivity index (χ2v) is 34.3. The molecular weight excluding hydrogens is 1560 g/mol. The fraction of sp³-hybridized carbons (Fsp3) is 0.909. The molecule has 0 unspecified atom stereocenters. The van der Waals surface area contributed by atoms with E-state index in [2.05, 4.69) is 0 Å². The van der Waals surface area contributed by atoms with Crippen molar-refractivity contribution in [1.29, 1.82) is 0 Å². The number of thioether (sulfide) groups is 6. The highest BCUT2D eigenvalue weighted by atomic mass is 32.2. The molecule has 42 heteroatoms. The van der Waals surface area contributed by atoms with Gasteiger partial charge in [-0.15, -0.1) is 0 Å². The van der Waals surface area contributed by atoms with Crippen LogP contribution in [0, 0.1) is 0 Å². The summed E-state index contributed by atoms with van der Waals surface area (Å²) in [5.41, 5.74) is 0. The van der Waals surface area contributed by atoms with Gasteiger partial charge in [-0.2, -0.15) is 70.6 Å². The summed E-state index contributed by atoms with van der Waals surface area (Å²) in [5, 5.41) is 152. The van der Waals surface area contributed by atoms with Crippen molar-refractivity contribution < 1.29 is 176 Å². The molecule has 622 valence electrons. The van der Waals surface area contributed by atoms with Crippen molar-refractivity contribution in [2.24, 2.45) is 0 Å². The highest BCUT2D eigenvalue weighted by molar-refractivity contribution is 8.00. The summed E-state index contributed by atoms with van der Waals surface area (Å²) in [7, 11) is 0. The molecule has 0 aromatic heterocycles. The van der Waals surface area contributed by atoms with E-state index in [-0.39, 0.29) is 159 Å². The van der Waals surface area contributed by atoms with Crippen molar-refractivity contribution in [3.8, 4) is 0 Å². The Kier molecular flexibility index (Phi) is 39.0. The minimum Gasteiger partial charge on any atom is -0.481 e. The van der Waals surface area contributed by atoms with E-state index in [1.54, 1.807) is 20.8 Å². The number of hydrogen-bond donors (Lipinski definition) is 14. The van der Waals surface area contributed by atoms with E-state index < -0.39 is 227 Å². The highest BCUT2D eigenvalue weighted by Crippen LogP contribution is 2.40. The molecule has 0 radical (unpaired) electrons. The molecule has 0 amide bonds. The third-order valence-corrected chi connectivity index (χ3v) is 25.2. The number of ether oxygens (including phenoxy) is 16. The van der Waals surface area contributed by atoms with Gasteiger partial charge in [-0.05, 0) is 20.3 Å². The molecule has 0 saturated carbocycles. The van der Waals surface area contributed by atoms with Crippen molar-refractivity contribution in [3.63, 3.8) is 0 Å². The van der Waals surface area contributed by atoms with E-state index >= 15 is 0 Å². The van der Waals surface area contributed by atoms with Crippen LogP contribution in [-0.2, 0) is 105 Å². The van der Waals surface area contributed by atoms with Crippen LogP contribution in [-0.4, -0.2) is 367 Å². The Balaban J connectivity index is 1.08. The molecule has 18 rings (SSSR count). The van der Waals surface area contributed by atoms with E-state index in [4.69, 9.17) is 75.8 Å². The molecule has 14 N–H and O–H groups in total. The van der Waals surface area contributed by atoms with Crippen LogP contribution in [0.4, 0.5) is 0 Å². The van der Waals surface area contributed by atoms with Crippen molar-refractivity contribution in [1.82, 2.24) is 0 Å². The Morgan fingerprint density at radius 2 is 0.454 bits per heavy atom. The van der Waals surface area contributed by atoms with Crippen LogP contribution in [0.2, 0.25) is 0 Å². The lowest BCUT2D eigenvalue weighted by Crippen LogP contribution is -2.59. The van der Waals surface area contributed by atoms with Gasteiger partial charge in [0.1, 0.15) is 42.7 Å². The number of carboxylic acid groups (broad SMARTS) is 6. The number of aliphatic carboxylic acids is 6. The molecule has 18 heterocycles. The number of carboxylic acids is 6. The highest BCUT2D eigenvalue weighted by Gasteiger charge is 2.52. The molecule has 31 atom stereocenters. The Morgan fingerprint density at radius 1 is 0.259 bits per heavy atom. The molecule has 0 spiro atoms. The molecule has 108 heavy (non-hydrogen) atoms. The van der Waals surface area contributed by atoms with Gasteiger partial charge in [0.25, 0.3) is 6.48 Å². The van der Waals surface area contributed by atoms with Crippen LogP contribution >= 0.6 is 70.6 Å². The number of hydrogen-bond acceptors (Lipinski definition) is 36. The minimum atomic E-state index is -2.04. The van der Waals surface area contributed by atoms with Crippen molar-refractivity contribution in [2.75, 3.05) is 69.0 Å². The van der Waals surface area contributed by atoms with E-state index in [0.717, 1.165) is 11.8 Å². The van der Waals surface area contributed by atoms with Gasteiger partial charge in [0, 0.05) is 114 Å². The standard InChI is InChI=1S/C66H106O36S6/c1-4-39-47(24-103-11-5-53(74)75)102-66(86)101-41-18-33(68)60(88-31(41)3)92-43-21-36(71)63(98-49(43)26-105-13-7-55(78)79)94-45-23-38(73)65(100-51(45)28-107-15-9-57(82)83)95-46-22-37(72)64(99-52(46)29-108-16-10-58(84)85)93-44-20-35(70)62(97-50(44)27-106-14-8-56(80)81)90-40-17-32(67)59(87-30(40)2)91-42-19-34(69)61(89-39)96-48(42)25-104-12-6-54(76)77/h30-52,59-73,86H,4-29H2,1-3H3,(H,74,75)(H,76,77)(H,78,79)(H,80,81)(H,82,83)(H,84,85)/t30-,31-,32-,33-,34-,35-,36-,37-,38-,39+,40+,41+,42+,43+,44+,45+,46+,47-,48-,49-,50-,51-,52-,59-,60-,61+,62+,63+,64+,65+,66+/m1/s1. The second kappa shape index (κ2) is 46.0. The van der Waals surface area contributed by atoms with Crippen molar-refractivity contribution >= 4 is 106 Å². The van der Waals surface area contributed by atoms with Gasteiger partial charge in [0.2, 0.25) is 0 Å². The summed E-state index contributed by atoms with van der Waals surface area (Å²) < 4.78 is 102. The number of carbonyl (C=O) groups is 6. The average molecular weight is 1670 g/mol. The minimum absolute atomic E-state index is 0.0121. The first-order chi connectivity index (χ1) is 51.5. The number of aliphatic hydroxyl groups excluding tert-OH is 8. The first-order valence-electron chi connectivity index (χ1n) is 36.2. The van der Waals surface area contributed by atoms with Crippen LogP contribution in [0.3, 0.4) is 0 Å². The lowest BCUT2D eigenvalue weighted by molar-refractivity contribution is -0.367. The largest absolute Gasteiger partial charge is 0.481 e. The third kappa shape index (κ3) is 29.3. The molecule has 18 fully saturated rings. The van der Waals surface area contributed by atoms with Crippen LogP contribution in [0.1, 0.15) is 111 Å². The fourth-order valence-corrected chi connectivity index (χ4v) is 19.2. The van der Waals surface area contributed by atoms with Crippen LogP contribution in [0.5, 0.6) is 0 Å². The second-order valence-electron chi connectivity index (χ2n) is 27.4. The first kappa shape index (κ1) is 91.5. The van der Waals surface area contributed by atoms with Gasteiger partial charge in [0.05, 0.1) is 136 Å². The lowest BCUT2D eigenvalue weighted by Gasteiger charge is -2.47. The van der Waals surface area contributed by atoms with Crippen LogP contribution in [0.25, 0.3) is 0 Å². The van der Waals surface area contributed by atoms with Gasteiger partial charge in [-0.1, -0.05) is 6.92 Å². The maximum atomic E-state index is 12.0. The van der Waals surface area contributed by atoms with E-state index in [9.17, 15) is 100 Å². The average Bonchev–Trinajstić information content (AvgIpc) is 0.799. The van der Waals surface area contributed by atoms with Gasteiger partial charge < -0.3 is 147 Å². The molecule has 18 aliphatic rings. The molecule has 18 saturated heterocycles. The zero-order valence-electron chi connectivity index (χ0n) is 60.0.